The van der Waals surface area contributed by atoms with Gasteiger partial charge in [-0.1, -0.05) is 6.07 Å². The summed E-state index contributed by atoms with van der Waals surface area (Å²) in [6, 6.07) is 12.5. The number of halogens is 1. The molecule has 4 aromatic rings. The van der Waals surface area contributed by atoms with Crippen molar-refractivity contribution >= 4 is 17.4 Å². The topological polar surface area (TPSA) is 94.0 Å². The van der Waals surface area contributed by atoms with Crippen LogP contribution in [0.25, 0.3) is 5.82 Å². The molecule has 0 aliphatic heterocycles. The number of benzene rings is 2. The fourth-order valence-corrected chi connectivity index (χ4v) is 2.61. The maximum atomic E-state index is 13.6. The molecule has 2 aromatic heterocycles. The molecule has 0 saturated heterocycles. The number of urea groups is 1. The van der Waals surface area contributed by atoms with Crippen LogP contribution in [0.3, 0.4) is 0 Å². The molecule has 2 N–H and O–H groups in total. The van der Waals surface area contributed by atoms with Crippen molar-refractivity contribution in [1.82, 2.24) is 19.5 Å². The number of hydrogen-bond acceptors (Lipinski definition) is 5. The largest absolute Gasteiger partial charge is 0.439 e. The van der Waals surface area contributed by atoms with E-state index in [0.29, 0.717) is 34.4 Å². The van der Waals surface area contributed by atoms with Gasteiger partial charge in [-0.05, 0) is 48.9 Å². The second kappa shape index (κ2) is 8.39. The van der Waals surface area contributed by atoms with Gasteiger partial charge in [0.2, 0.25) is 5.88 Å². The third kappa shape index (κ3) is 4.58. The number of aryl methyl sites for hydroxylation is 1. The van der Waals surface area contributed by atoms with Crippen LogP contribution in [0.1, 0.15) is 5.56 Å². The highest BCUT2D eigenvalue weighted by Crippen LogP contribution is 2.22. The summed E-state index contributed by atoms with van der Waals surface area (Å²) < 4.78 is 21.1. The average molecular weight is 404 g/mol. The smallest absolute Gasteiger partial charge is 0.323 e. The van der Waals surface area contributed by atoms with Gasteiger partial charge in [0.15, 0.2) is 0 Å². The SMILES string of the molecule is Cc1ccc(NC(=O)Nc2ccc(Oc3cc(-n4ccnc4)ncn3)cc2)cc1F. The third-order valence-corrected chi connectivity index (χ3v) is 4.16. The molecule has 0 radical (unpaired) electrons. The van der Waals surface area contributed by atoms with Gasteiger partial charge in [0.25, 0.3) is 0 Å². The van der Waals surface area contributed by atoms with Crippen LogP contribution in [0, 0.1) is 12.7 Å². The molecule has 2 heterocycles. The molecule has 4 rings (SSSR count). The molecular formula is C21H17FN6O2. The first-order valence-electron chi connectivity index (χ1n) is 8.99. The number of hydrogen-bond donors (Lipinski definition) is 2. The minimum absolute atomic E-state index is 0.369. The summed E-state index contributed by atoms with van der Waals surface area (Å²) in [5.41, 5.74) is 1.43. The first kappa shape index (κ1) is 19.1. The molecule has 0 bridgehead atoms. The highest BCUT2D eigenvalue weighted by atomic mass is 19.1. The van der Waals surface area contributed by atoms with Gasteiger partial charge in [0, 0.05) is 29.8 Å². The molecule has 0 aliphatic rings. The normalized spacial score (nSPS) is 10.5. The summed E-state index contributed by atoms with van der Waals surface area (Å²) in [4.78, 5) is 24.4. The van der Waals surface area contributed by atoms with Crippen LogP contribution < -0.4 is 15.4 Å². The Morgan fingerprint density at radius 3 is 2.53 bits per heavy atom. The highest BCUT2D eigenvalue weighted by molar-refractivity contribution is 5.99. The first-order valence-corrected chi connectivity index (χ1v) is 8.99. The number of carbonyl (C=O) groups is 1. The lowest BCUT2D eigenvalue weighted by Gasteiger charge is -2.10. The maximum Gasteiger partial charge on any atom is 0.323 e. The second-order valence-electron chi connectivity index (χ2n) is 6.35. The molecule has 0 unspecified atom stereocenters. The molecule has 0 fully saturated rings. The van der Waals surface area contributed by atoms with E-state index in [2.05, 4.69) is 25.6 Å². The van der Waals surface area contributed by atoms with E-state index in [4.69, 9.17) is 4.74 Å². The third-order valence-electron chi connectivity index (χ3n) is 4.16. The number of anilines is 2. The zero-order chi connectivity index (χ0) is 20.9. The molecule has 0 saturated carbocycles. The fraction of sp³-hybridized carbons (Fsp3) is 0.0476. The number of aromatic nitrogens is 4. The molecule has 150 valence electrons. The van der Waals surface area contributed by atoms with Gasteiger partial charge in [-0.2, -0.15) is 0 Å². The van der Waals surface area contributed by atoms with E-state index >= 15 is 0 Å². The van der Waals surface area contributed by atoms with Gasteiger partial charge in [-0.3, -0.25) is 4.57 Å². The van der Waals surface area contributed by atoms with Gasteiger partial charge in [-0.25, -0.2) is 24.1 Å². The maximum absolute atomic E-state index is 13.6. The quantitative estimate of drug-likeness (QED) is 0.509. The number of imidazole rings is 1. The molecule has 0 spiro atoms. The monoisotopic (exact) mass is 404 g/mol. The van der Waals surface area contributed by atoms with Crippen molar-refractivity contribution in [2.45, 2.75) is 6.92 Å². The van der Waals surface area contributed by atoms with Crippen molar-refractivity contribution in [2.75, 3.05) is 10.6 Å². The Morgan fingerprint density at radius 1 is 1.03 bits per heavy atom. The van der Waals surface area contributed by atoms with Gasteiger partial charge >= 0.3 is 6.03 Å². The van der Waals surface area contributed by atoms with Gasteiger partial charge in [-0.15, -0.1) is 0 Å². The Hall–Kier alpha value is -4.27. The highest BCUT2D eigenvalue weighted by Gasteiger charge is 2.07. The van der Waals surface area contributed by atoms with Crippen LogP contribution in [-0.4, -0.2) is 25.6 Å². The van der Waals surface area contributed by atoms with E-state index in [-0.39, 0.29) is 5.82 Å². The minimum atomic E-state index is -0.479. The van der Waals surface area contributed by atoms with Crippen molar-refractivity contribution in [3.8, 4) is 17.4 Å². The van der Waals surface area contributed by atoms with Crippen molar-refractivity contribution in [1.29, 1.82) is 0 Å². The van der Waals surface area contributed by atoms with E-state index in [1.807, 2.05) is 0 Å². The summed E-state index contributed by atoms with van der Waals surface area (Å²) in [7, 11) is 0. The lowest BCUT2D eigenvalue weighted by molar-refractivity contribution is 0.262. The Morgan fingerprint density at radius 2 is 1.80 bits per heavy atom. The van der Waals surface area contributed by atoms with E-state index in [0.717, 1.165) is 0 Å². The van der Waals surface area contributed by atoms with E-state index in [1.54, 1.807) is 72.7 Å². The van der Waals surface area contributed by atoms with Crippen LogP contribution in [0.5, 0.6) is 11.6 Å². The number of rotatable bonds is 5. The molecule has 0 aliphatic carbocycles. The molecule has 2 amide bonds. The molecular weight excluding hydrogens is 387 g/mol. The summed E-state index contributed by atoms with van der Waals surface area (Å²) >= 11 is 0. The summed E-state index contributed by atoms with van der Waals surface area (Å²) in [6.45, 7) is 1.66. The van der Waals surface area contributed by atoms with Crippen molar-refractivity contribution in [3.63, 3.8) is 0 Å². The molecule has 30 heavy (non-hydrogen) atoms. The van der Waals surface area contributed by atoms with Crippen molar-refractivity contribution in [2.24, 2.45) is 0 Å². The van der Waals surface area contributed by atoms with Crippen molar-refractivity contribution < 1.29 is 13.9 Å². The predicted octanol–water partition coefficient (Wildman–Crippen LogP) is 4.55. The van der Waals surface area contributed by atoms with Crippen LogP contribution in [0.15, 0.2) is 73.6 Å². The average Bonchev–Trinajstić information content (AvgIpc) is 3.27. The number of nitrogens with zero attached hydrogens (tertiary/aromatic N) is 4. The first-order chi connectivity index (χ1) is 14.6. The summed E-state index contributed by atoms with van der Waals surface area (Å²) in [5, 5.41) is 5.27. The van der Waals surface area contributed by atoms with E-state index < -0.39 is 6.03 Å². The number of carbonyl (C=O) groups excluding carboxylic acids is 1. The predicted molar refractivity (Wildman–Crippen MR) is 109 cm³/mol. The minimum Gasteiger partial charge on any atom is -0.439 e. The number of ether oxygens (including phenoxy) is 1. The Labute approximate surface area is 171 Å². The number of amides is 2. The zero-order valence-corrected chi connectivity index (χ0v) is 15.9. The molecule has 2 aromatic carbocycles. The Kier molecular flexibility index (Phi) is 5.33. The Bertz CT molecular complexity index is 1160. The van der Waals surface area contributed by atoms with Gasteiger partial charge in [0.05, 0.1) is 0 Å². The molecule has 9 heteroatoms. The summed E-state index contributed by atoms with van der Waals surface area (Å²) in [6.07, 6.45) is 6.45. The van der Waals surface area contributed by atoms with E-state index in [1.165, 1.54) is 12.4 Å². The second-order valence-corrected chi connectivity index (χ2v) is 6.35. The fourth-order valence-electron chi connectivity index (χ4n) is 2.61. The van der Waals surface area contributed by atoms with Crippen LogP contribution in [0.4, 0.5) is 20.6 Å². The number of nitrogens with one attached hydrogen (secondary N) is 2. The van der Waals surface area contributed by atoms with E-state index in [9.17, 15) is 9.18 Å². The zero-order valence-electron chi connectivity index (χ0n) is 15.9. The lowest BCUT2D eigenvalue weighted by atomic mass is 10.2. The molecule has 0 atom stereocenters. The van der Waals surface area contributed by atoms with Crippen LogP contribution in [0.2, 0.25) is 0 Å². The lowest BCUT2D eigenvalue weighted by Crippen LogP contribution is -2.19. The summed E-state index contributed by atoms with van der Waals surface area (Å²) in [5.74, 6) is 1.15. The van der Waals surface area contributed by atoms with Gasteiger partial charge < -0.3 is 15.4 Å². The van der Waals surface area contributed by atoms with Crippen molar-refractivity contribution in [3.05, 3.63) is 85.0 Å². The standard InChI is InChI=1S/C21H17FN6O2/c1-14-2-3-16(10-18(14)22)27-21(29)26-15-4-6-17(7-5-15)30-20-11-19(24-12-25-20)28-9-8-23-13-28/h2-13H,1H3,(H2,26,27,29). The van der Waals surface area contributed by atoms with Gasteiger partial charge in [0.1, 0.15) is 30.0 Å². The molecule has 8 nitrogen and oxygen atoms in total. The van der Waals surface area contributed by atoms with Crippen LogP contribution in [-0.2, 0) is 0 Å². The Balaban J connectivity index is 1.37. The van der Waals surface area contributed by atoms with Crippen LogP contribution >= 0.6 is 0 Å².